The fraction of sp³-hybridized carbons (Fsp3) is 0.0476. The van der Waals surface area contributed by atoms with Crippen LogP contribution in [-0.4, -0.2) is 24.8 Å². The molecule has 0 spiro atoms. The maximum Gasteiger partial charge on any atom is 0.248 e. The molecule has 0 aliphatic rings. The van der Waals surface area contributed by atoms with Gasteiger partial charge in [0.2, 0.25) is 5.56 Å². The first-order valence-corrected chi connectivity index (χ1v) is 8.91. The van der Waals surface area contributed by atoms with Crippen LogP contribution in [0.25, 0.3) is 27.9 Å². The lowest BCUT2D eigenvalue weighted by atomic mass is 10.1. The van der Waals surface area contributed by atoms with E-state index in [1.807, 2.05) is 66.7 Å². The summed E-state index contributed by atoms with van der Waals surface area (Å²) in [6, 6.07) is 22.9. The molecule has 28 heavy (non-hydrogen) atoms. The van der Waals surface area contributed by atoms with Crippen molar-refractivity contribution in [3.8, 4) is 11.4 Å². The van der Waals surface area contributed by atoms with Crippen LogP contribution in [0.3, 0.4) is 0 Å². The quantitative estimate of drug-likeness (QED) is 0.508. The second kappa shape index (κ2) is 6.62. The van der Waals surface area contributed by atoms with Gasteiger partial charge in [-0.3, -0.25) is 4.79 Å². The van der Waals surface area contributed by atoms with Crippen LogP contribution in [0, 0.1) is 0 Å². The van der Waals surface area contributed by atoms with Gasteiger partial charge in [0.05, 0.1) is 0 Å². The minimum Gasteiger partial charge on any atom is -0.365 e. The van der Waals surface area contributed by atoms with Crippen molar-refractivity contribution in [1.82, 2.24) is 24.8 Å². The number of pyridine rings is 1. The summed E-state index contributed by atoms with van der Waals surface area (Å²) in [6.07, 6.45) is 0. The molecule has 3 aromatic heterocycles. The Balaban J connectivity index is 1.49. The second-order valence-electron chi connectivity index (χ2n) is 6.44. The average molecular weight is 368 g/mol. The molecular weight excluding hydrogens is 352 g/mol. The van der Waals surface area contributed by atoms with E-state index in [2.05, 4.69) is 25.6 Å². The number of anilines is 1. The maximum absolute atomic E-state index is 11.9. The fourth-order valence-corrected chi connectivity index (χ4v) is 3.26. The number of para-hydroxylation sites is 1. The molecule has 0 atom stereocenters. The van der Waals surface area contributed by atoms with Crippen molar-refractivity contribution in [3.05, 3.63) is 88.7 Å². The van der Waals surface area contributed by atoms with E-state index in [0.717, 1.165) is 22.0 Å². The van der Waals surface area contributed by atoms with Gasteiger partial charge in [0, 0.05) is 29.1 Å². The average Bonchev–Trinajstić information content (AvgIpc) is 3.16. The van der Waals surface area contributed by atoms with E-state index >= 15 is 0 Å². The lowest BCUT2D eigenvalue weighted by Crippen LogP contribution is -2.10. The maximum atomic E-state index is 11.9. The summed E-state index contributed by atoms with van der Waals surface area (Å²) in [5.41, 5.74) is 3.23. The van der Waals surface area contributed by atoms with Crippen molar-refractivity contribution < 1.29 is 0 Å². The highest BCUT2D eigenvalue weighted by Gasteiger charge is 2.10. The molecule has 0 fully saturated rings. The highest BCUT2D eigenvalue weighted by molar-refractivity contribution is 5.82. The van der Waals surface area contributed by atoms with Gasteiger partial charge in [-0.15, -0.1) is 15.3 Å². The Morgan fingerprint density at radius 1 is 0.929 bits per heavy atom. The Kier molecular flexibility index (Phi) is 3.83. The summed E-state index contributed by atoms with van der Waals surface area (Å²) in [4.78, 5) is 14.8. The van der Waals surface area contributed by atoms with Crippen LogP contribution < -0.4 is 10.9 Å². The predicted octanol–water partition coefficient (Wildman–Crippen LogP) is 3.24. The number of aromatic nitrogens is 5. The Labute approximate surface area is 159 Å². The Morgan fingerprint density at radius 3 is 2.64 bits per heavy atom. The SMILES string of the molecule is O=c1cc(CNc2ccc3nnc(-c4ccccc4)n3n2)c2ccccc2[nH]1. The summed E-state index contributed by atoms with van der Waals surface area (Å²) in [5.74, 6) is 1.36. The van der Waals surface area contributed by atoms with Crippen LogP contribution in [0.15, 0.2) is 77.6 Å². The zero-order valence-electron chi connectivity index (χ0n) is 14.8. The molecule has 0 radical (unpaired) electrons. The van der Waals surface area contributed by atoms with Gasteiger partial charge < -0.3 is 10.3 Å². The molecular formula is C21H16N6O. The highest BCUT2D eigenvalue weighted by atomic mass is 16.1. The fourth-order valence-electron chi connectivity index (χ4n) is 3.26. The highest BCUT2D eigenvalue weighted by Crippen LogP contribution is 2.19. The minimum absolute atomic E-state index is 0.121. The first kappa shape index (κ1) is 16.2. The smallest absolute Gasteiger partial charge is 0.248 e. The third-order valence-electron chi connectivity index (χ3n) is 4.59. The summed E-state index contributed by atoms with van der Waals surface area (Å²) in [7, 11) is 0. The number of hydrogen-bond donors (Lipinski definition) is 2. The van der Waals surface area contributed by atoms with Crippen LogP contribution >= 0.6 is 0 Å². The zero-order chi connectivity index (χ0) is 18.9. The van der Waals surface area contributed by atoms with Crippen molar-refractivity contribution in [2.24, 2.45) is 0 Å². The van der Waals surface area contributed by atoms with Crippen molar-refractivity contribution >= 4 is 22.4 Å². The Bertz CT molecular complexity index is 1340. The number of hydrogen-bond acceptors (Lipinski definition) is 5. The van der Waals surface area contributed by atoms with Gasteiger partial charge in [-0.2, -0.15) is 4.52 Å². The molecule has 0 amide bonds. The molecule has 7 nitrogen and oxygen atoms in total. The van der Waals surface area contributed by atoms with Crippen molar-refractivity contribution in [3.63, 3.8) is 0 Å². The van der Waals surface area contributed by atoms with E-state index in [0.29, 0.717) is 23.8 Å². The lowest BCUT2D eigenvalue weighted by Gasteiger charge is -2.09. The molecule has 3 heterocycles. The number of rotatable bonds is 4. The van der Waals surface area contributed by atoms with Gasteiger partial charge in [-0.25, -0.2) is 0 Å². The second-order valence-corrected chi connectivity index (χ2v) is 6.44. The normalized spacial score (nSPS) is 11.1. The Hall–Kier alpha value is -4.00. The van der Waals surface area contributed by atoms with E-state index < -0.39 is 0 Å². The minimum atomic E-state index is -0.121. The van der Waals surface area contributed by atoms with Crippen molar-refractivity contribution in [2.75, 3.05) is 5.32 Å². The van der Waals surface area contributed by atoms with Crippen LogP contribution in [0.2, 0.25) is 0 Å². The number of fused-ring (bicyclic) bond motifs is 2. The molecule has 0 aliphatic heterocycles. The van der Waals surface area contributed by atoms with E-state index in [4.69, 9.17) is 0 Å². The summed E-state index contributed by atoms with van der Waals surface area (Å²) < 4.78 is 1.72. The van der Waals surface area contributed by atoms with E-state index in [1.54, 1.807) is 10.6 Å². The molecule has 0 saturated heterocycles. The molecule has 0 unspecified atom stereocenters. The first-order valence-electron chi connectivity index (χ1n) is 8.91. The summed E-state index contributed by atoms with van der Waals surface area (Å²) in [5, 5.41) is 17.4. The molecule has 0 aliphatic carbocycles. The first-order chi connectivity index (χ1) is 13.8. The number of aromatic amines is 1. The van der Waals surface area contributed by atoms with Gasteiger partial charge in [-0.1, -0.05) is 48.5 Å². The summed E-state index contributed by atoms with van der Waals surface area (Å²) >= 11 is 0. The Morgan fingerprint density at radius 2 is 1.75 bits per heavy atom. The third kappa shape index (κ3) is 2.88. The number of nitrogens with zero attached hydrogens (tertiary/aromatic N) is 4. The number of nitrogens with one attached hydrogen (secondary N) is 2. The molecule has 7 heteroatoms. The van der Waals surface area contributed by atoms with Gasteiger partial charge in [0.25, 0.3) is 0 Å². The molecule has 0 saturated carbocycles. The predicted molar refractivity (Wildman–Crippen MR) is 108 cm³/mol. The zero-order valence-corrected chi connectivity index (χ0v) is 14.8. The topological polar surface area (TPSA) is 88.0 Å². The molecule has 136 valence electrons. The molecule has 2 aromatic carbocycles. The monoisotopic (exact) mass is 368 g/mol. The number of H-pyrrole nitrogens is 1. The van der Waals surface area contributed by atoms with Crippen LogP contribution in [0.1, 0.15) is 5.56 Å². The molecule has 2 N–H and O–H groups in total. The van der Waals surface area contributed by atoms with Crippen molar-refractivity contribution in [2.45, 2.75) is 6.54 Å². The van der Waals surface area contributed by atoms with E-state index in [1.165, 1.54) is 0 Å². The van der Waals surface area contributed by atoms with Gasteiger partial charge in [0.15, 0.2) is 11.5 Å². The van der Waals surface area contributed by atoms with Crippen LogP contribution in [-0.2, 0) is 6.54 Å². The molecule has 0 bridgehead atoms. The largest absolute Gasteiger partial charge is 0.365 e. The van der Waals surface area contributed by atoms with Gasteiger partial charge in [0.1, 0.15) is 5.82 Å². The third-order valence-corrected chi connectivity index (χ3v) is 4.59. The summed E-state index contributed by atoms with van der Waals surface area (Å²) in [6.45, 7) is 0.478. The number of benzene rings is 2. The lowest BCUT2D eigenvalue weighted by molar-refractivity contribution is 0.926. The van der Waals surface area contributed by atoms with Gasteiger partial charge >= 0.3 is 0 Å². The molecule has 5 aromatic rings. The van der Waals surface area contributed by atoms with E-state index in [9.17, 15) is 4.79 Å². The van der Waals surface area contributed by atoms with Crippen molar-refractivity contribution in [1.29, 1.82) is 0 Å². The standard InChI is InChI=1S/C21H16N6O/c28-20-12-15(16-8-4-5-9-17(16)23-20)13-22-18-10-11-19-24-25-21(27(19)26-18)14-6-2-1-3-7-14/h1-12H,13H2,(H,22,26)(H,23,28). The molecule has 5 rings (SSSR count). The van der Waals surface area contributed by atoms with Gasteiger partial charge in [-0.05, 0) is 23.8 Å². The van der Waals surface area contributed by atoms with E-state index in [-0.39, 0.29) is 5.56 Å². The van der Waals surface area contributed by atoms with Crippen LogP contribution in [0.5, 0.6) is 0 Å². The van der Waals surface area contributed by atoms with Crippen LogP contribution in [0.4, 0.5) is 5.82 Å².